The molecule has 0 bridgehead atoms. The van der Waals surface area contributed by atoms with E-state index < -0.39 is 5.97 Å². The molecule has 0 aliphatic carbocycles. The van der Waals surface area contributed by atoms with Crippen molar-refractivity contribution in [3.63, 3.8) is 0 Å². The van der Waals surface area contributed by atoms with Gasteiger partial charge in [0.05, 0.1) is 23.8 Å². The summed E-state index contributed by atoms with van der Waals surface area (Å²) >= 11 is 5.81. The summed E-state index contributed by atoms with van der Waals surface area (Å²) in [6, 6.07) is 5.48. The van der Waals surface area contributed by atoms with Crippen molar-refractivity contribution in [2.24, 2.45) is 0 Å². The van der Waals surface area contributed by atoms with Crippen LogP contribution < -0.4 is 0 Å². The van der Waals surface area contributed by atoms with Crippen molar-refractivity contribution in [3.8, 4) is 6.07 Å². The molecule has 0 aliphatic heterocycles. The molecule has 90 valence electrons. The van der Waals surface area contributed by atoms with Crippen LogP contribution in [0.2, 0.25) is 0 Å². The van der Waals surface area contributed by atoms with Gasteiger partial charge in [-0.3, -0.25) is 0 Å². The Morgan fingerprint density at radius 3 is 2.65 bits per heavy atom. The fourth-order valence-corrected chi connectivity index (χ4v) is 1.96. The number of alkyl halides is 1. The van der Waals surface area contributed by atoms with Crippen molar-refractivity contribution in [3.05, 3.63) is 34.4 Å². The van der Waals surface area contributed by atoms with E-state index in [-0.39, 0.29) is 5.88 Å². The maximum absolute atomic E-state index is 11.9. The van der Waals surface area contributed by atoms with Crippen molar-refractivity contribution < 1.29 is 9.53 Å². The second kappa shape index (κ2) is 6.27. The number of ether oxygens (including phenoxy) is 1. The zero-order valence-electron chi connectivity index (χ0n) is 9.92. The monoisotopic (exact) mass is 251 g/mol. The Kier molecular flexibility index (Phi) is 4.99. The molecule has 0 radical (unpaired) electrons. The lowest BCUT2D eigenvalue weighted by Gasteiger charge is -2.12. The Balaban J connectivity index is 3.41. The Bertz CT molecular complexity index is 463. The molecule has 3 nitrogen and oxygen atoms in total. The highest BCUT2D eigenvalue weighted by Gasteiger charge is 2.19. The summed E-state index contributed by atoms with van der Waals surface area (Å²) in [6.45, 7) is 3.95. The lowest BCUT2D eigenvalue weighted by atomic mass is 9.95. The summed E-state index contributed by atoms with van der Waals surface area (Å²) in [6.07, 6.45) is 0.599. The molecule has 0 aromatic heterocycles. The van der Waals surface area contributed by atoms with E-state index in [4.69, 9.17) is 21.6 Å². The van der Waals surface area contributed by atoms with Crippen molar-refractivity contribution in [2.75, 3.05) is 6.61 Å². The minimum atomic E-state index is -0.405. The Labute approximate surface area is 106 Å². The van der Waals surface area contributed by atoms with Gasteiger partial charge in [-0.1, -0.05) is 13.0 Å². The number of hydrogen-bond donors (Lipinski definition) is 0. The van der Waals surface area contributed by atoms with Crippen LogP contribution in [0, 0.1) is 11.3 Å². The lowest BCUT2D eigenvalue weighted by molar-refractivity contribution is 0.0524. The molecular formula is C13H14ClNO2. The number of carbonyl (C=O) groups excluding carboxylic acids is 1. The maximum Gasteiger partial charge on any atom is 0.338 e. The van der Waals surface area contributed by atoms with E-state index in [1.807, 2.05) is 6.92 Å². The minimum absolute atomic E-state index is 0.229. The quantitative estimate of drug-likeness (QED) is 0.610. The summed E-state index contributed by atoms with van der Waals surface area (Å²) in [7, 11) is 0. The molecule has 0 saturated carbocycles. The second-order valence-corrected chi connectivity index (χ2v) is 3.71. The fraction of sp³-hybridized carbons (Fsp3) is 0.385. The van der Waals surface area contributed by atoms with Crippen LogP contribution in [0.4, 0.5) is 0 Å². The molecular weight excluding hydrogens is 238 g/mol. The zero-order valence-corrected chi connectivity index (χ0v) is 10.7. The standard InChI is InChI=1S/C13H14ClNO2/c1-3-11-10(8-15)6-5-9(7-14)12(11)13(16)17-4-2/h5-6H,3-4,7H2,1-2H3. The normalized spacial score (nSPS) is 9.76. The number of hydrogen-bond acceptors (Lipinski definition) is 3. The van der Waals surface area contributed by atoms with Gasteiger partial charge in [0.25, 0.3) is 0 Å². The van der Waals surface area contributed by atoms with Crippen LogP contribution in [-0.4, -0.2) is 12.6 Å². The van der Waals surface area contributed by atoms with Crippen molar-refractivity contribution in [2.45, 2.75) is 26.1 Å². The predicted octanol–water partition coefficient (Wildman–Crippen LogP) is 3.04. The van der Waals surface area contributed by atoms with Gasteiger partial charge in [0, 0.05) is 5.88 Å². The van der Waals surface area contributed by atoms with Crippen LogP contribution in [0.1, 0.15) is 40.9 Å². The molecule has 17 heavy (non-hydrogen) atoms. The van der Waals surface area contributed by atoms with E-state index in [2.05, 4.69) is 6.07 Å². The lowest BCUT2D eigenvalue weighted by Crippen LogP contribution is -2.12. The minimum Gasteiger partial charge on any atom is -0.462 e. The third kappa shape index (κ3) is 2.78. The van der Waals surface area contributed by atoms with Gasteiger partial charge in [0.1, 0.15) is 0 Å². The number of esters is 1. The fourth-order valence-electron chi connectivity index (χ4n) is 1.74. The number of halogens is 1. The highest BCUT2D eigenvalue weighted by atomic mass is 35.5. The van der Waals surface area contributed by atoms with E-state index in [9.17, 15) is 4.79 Å². The molecule has 0 amide bonds. The van der Waals surface area contributed by atoms with Crippen molar-refractivity contribution in [1.82, 2.24) is 0 Å². The number of nitrogens with zero attached hydrogens (tertiary/aromatic N) is 1. The van der Waals surface area contributed by atoms with Gasteiger partial charge < -0.3 is 4.74 Å². The van der Waals surface area contributed by atoms with Crippen LogP contribution in [0.3, 0.4) is 0 Å². The van der Waals surface area contributed by atoms with Gasteiger partial charge in [-0.25, -0.2) is 4.79 Å². The number of nitriles is 1. The predicted molar refractivity (Wildman–Crippen MR) is 66.0 cm³/mol. The third-order valence-electron chi connectivity index (χ3n) is 2.50. The molecule has 0 spiro atoms. The van der Waals surface area contributed by atoms with Gasteiger partial charge in [-0.05, 0) is 30.5 Å². The summed E-state index contributed by atoms with van der Waals surface area (Å²) < 4.78 is 5.01. The van der Waals surface area contributed by atoms with E-state index in [1.54, 1.807) is 19.1 Å². The maximum atomic E-state index is 11.9. The Morgan fingerprint density at radius 2 is 2.18 bits per heavy atom. The van der Waals surface area contributed by atoms with E-state index in [1.165, 1.54) is 0 Å². The number of carbonyl (C=O) groups is 1. The first-order valence-corrected chi connectivity index (χ1v) is 6.00. The van der Waals surface area contributed by atoms with Crippen molar-refractivity contribution >= 4 is 17.6 Å². The topological polar surface area (TPSA) is 50.1 Å². The molecule has 0 aliphatic rings. The summed E-state index contributed by atoms with van der Waals surface area (Å²) in [5.41, 5.74) is 2.37. The molecule has 4 heteroatoms. The molecule has 0 saturated heterocycles. The van der Waals surface area contributed by atoms with Gasteiger partial charge in [-0.15, -0.1) is 11.6 Å². The molecule has 1 aromatic rings. The second-order valence-electron chi connectivity index (χ2n) is 3.45. The Hall–Kier alpha value is -1.53. The van der Waals surface area contributed by atoms with E-state index in [0.717, 1.165) is 0 Å². The molecule has 1 rings (SSSR count). The average Bonchev–Trinajstić information content (AvgIpc) is 2.36. The van der Waals surface area contributed by atoms with Gasteiger partial charge in [-0.2, -0.15) is 5.26 Å². The molecule has 0 N–H and O–H groups in total. The molecule has 0 fully saturated rings. The van der Waals surface area contributed by atoms with Gasteiger partial charge in [0.2, 0.25) is 0 Å². The highest BCUT2D eigenvalue weighted by Crippen LogP contribution is 2.22. The number of benzene rings is 1. The van der Waals surface area contributed by atoms with Crippen LogP contribution in [0.25, 0.3) is 0 Å². The SMILES string of the molecule is CCOC(=O)c1c(CCl)ccc(C#N)c1CC. The van der Waals surface area contributed by atoms with Gasteiger partial charge in [0.15, 0.2) is 0 Å². The first-order chi connectivity index (χ1) is 8.19. The molecule has 1 aromatic carbocycles. The van der Waals surface area contributed by atoms with Crippen LogP contribution >= 0.6 is 11.6 Å². The summed E-state index contributed by atoms with van der Waals surface area (Å²) in [5.74, 6) is -0.176. The number of rotatable bonds is 4. The van der Waals surface area contributed by atoms with E-state index >= 15 is 0 Å². The molecule has 0 unspecified atom stereocenters. The smallest absolute Gasteiger partial charge is 0.338 e. The van der Waals surface area contributed by atoms with Gasteiger partial charge >= 0.3 is 5.97 Å². The van der Waals surface area contributed by atoms with Crippen molar-refractivity contribution in [1.29, 1.82) is 5.26 Å². The van der Waals surface area contributed by atoms with Crippen LogP contribution in [-0.2, 0) is 17.0 Å². The van der Waals surface area contributed by atoms with Crippen LogP contribution in [0.5, 0.6) is 0 Å². The Morgan fingerprint density at radius 1 is 1.47 bits per heavy atom. The molecule has 0 heterocycles. The first-order valence-electron chi connectivity index (χ1n) is 5.47. The molecule has 0 atom stereocenters. The van der Waals surface area contributed by atoms with E-state index in [0.29, 0.717) is 35.3 Å². The van der Waals surface area contributed by atoms with Crippen LogP contribution in [0.15, 0.2) is 12.1 Å². The first kappa shape index (κ1) is 13.5. The third-order valence-corrected chi connectivity index (χ3v) is 2.78. The largest absolute Gasteiger partial charge is 0.462 e. The highest BCUT2D eigenvalue weighted by molar-refractivity contribution is 6.17. The average molecular weight is 252 g/mol. The summed E-state index contributed by atoms with van der Waals surface area (Å²) in [4.78, 5) is 11.9. The zero-order chi connectivity index (χ0) is 12.8. The summed E-state index contributed by atoms with van der Waals surface area (Å²) in [5, 5.41) is 9.01.